The SMILES string of the molecule is Br.CC1(C)Nc2nc(N)[nH]c(=O)c2N=C1C(Br)Br. The number of nitrogen functional groups attached to an aromatic ring is 1. The van der Waals surface area contributed by atoms with Gasteiger partial charge in [-0.3, -0.25) is 9.78 Å². The summed E-state index contributed by atoms with van der Waals surface area (Å²) in [6.45, 7) is 3.90. The van der Waals surface area contributed by atoms with E-state index in [-0.39, 0.29) is 37.9 Å². The van der Waals surface area contributed by atoms with Crippen molar-refractivity contribution in [2.45, 2.75) is 23.1 Å². The molecule has 2 heterocycles. The number of alkyl halides is 2. The van der Waals surface area contributed by atoms with Crippen molar-refractivity contribution in [3.63, 3.8) is 0 Å². The summed E-state index contributed by atoms with van der Waals surface area (Å²) in [6, 6.07) is 0. The number of nitrogens with two attached hydrogens (primary N) is 1. The van der Waals surface area contributed by atoms with Gasteiger partial charge < -0.3 is 11.1 Å². The number of halogens is 3. The van der Waals surface area contributed by atoms with Crippen molar-refractivity contribution in [1.29, 1.82) is 0 Å². The second kappa shape index (κ2) is 5.30. The van der Waals surface area contributed by atoms with Crippen LogP contribution in [0, 0.1) is 0 Å². The van der Waals surface area contributed by atoms with Gasteiger partial charge in [0.15, 0.2) is 11.5 Å². The maximum atomic E-state index is 11.7. The van der Waals surface area contributed by atoms with E-state index in [9.17, 15) is 4.79 Å². The molecule has 0 radical (unpaired) electrons. The first-order chi connectivity index (χ1) is 7.81. The van der Waals surface area contributed by atoms with E-state index < -0.39 is 5.54 Å². The van der Waals surface area contributed by atoms with Crippen LogP contribution in [-0.4, -0.2) is 25.0 Å². The Morgan fingerprint density at radius 1 is 1.39 bits per heavy atom. The van der Waals surface area contributed by atoms with Gasteiger partial charge in [0.1, 0.15) is 3.74 Å². The number of aromatic nitrogens is 2. The molecule has 0 amide bonds. The van der Waals surface area contributed by atoms with E-state index in [0.717, 1.165) is 5.71 Å². The molecule has 0 unspecified atom stereocenters. The zero-order valence-corrected chi connectivity index (χ0v) is 14.5. The first-order valence-electron chi connectivity index (χ1n) is 4.86. The number of rotatable bonds is 1. The molecule has 0 bridgehead atoms. The van der Waals surface area contributed by atoms with E-state index in [0.29, 0.717) is 5.82 Å². The number of nitrogens with one attached hydrogen (secondary N) is 2. The van der Waals surface area contributed by atoms with Gasteiger partial charge in [0.2, 0.25) is 5.95 Å². The van der Waals surface area contributed by atoms with Crippen LogP contribution < -0.4 is 16.6 Å². The number of aliphatic imine (C=N–C) groups is 1. The number of fused-ring (bicyclic) bond motifs is 1. The first kappa shape index (κ1) is 15.6. The molecule has 1 aromatic rings. The summed E-state index contributed by atoms with van der Waals surface area (Å²) in [7, 11) is 0. The number of hydrogen-bond donors (Lipinski definition) is 3. The molecule has 0 aliphatic carbocycles. The molecule has 0 aromatic carbocycles. The molecule has 1 aromatic heterocycles. The fourth-order valence-corrected chi connectivity index (χ4v) is 2.97. The molecule has 2 rings (SSSR count). The van der Waals surface area contributed by atoms with Gasteiger partial charge in [0.25, 0.3) is 5.56 Å². The molecule has 0 saturated heterocycles. The average Bonchev–Trinajstić information content (AvgIpc) is 2.13. The summed E-state index contributed by atoms with van der Waals surface area (Å²) in [4.78, 5) is 22.5. The topological polar surface area (TPSA) is 96.2 Å². The second-order valence-corrected chi connectivity index (χ2v) is 7.26. The fraction of sp³-hybridized carbons (Fsp3) is 0.444. The predicted molar refractivity (Wildman–Crippen MR) is 86.0 cm³/mol. The highest BCUT2D eigenvalue weighted by molar-refractivity contribution is 9.25. The lowest BCUT2D eigenvalue weighted by atomic mass is 9.97. The Labute approximate surface area is 131 Å². The van der Waals surface area contributed by atoms with Crippen LogP contribution in [0.4, 0.5) is 17.5 Å². The Bertz CT molecular complexity index is 552. The molecule has 18 heavy (non-hydrogen) atoms. The van der Waals surface area contributed by atoms with Crippen molar-refractivity contribution in [1.82, 2.24) is 9.97 Å². The van der Waals surface area contributed by atoms with Crippen LogP contribution in [0.5, 0.6) is 0 Å². The summed E-state index contributed by atoms with van der Waals surface area (Å²) >= 11 is 6.78. The van der Waals surface area contributed by atoms with Gasteiger partial charge in [0.05, 0.1) is 11.3 Å². The van der Waals surface area contributed by atoms with Crippen molar-refractivity contribution in [3.05, 3.63) is 10.4 Å². The van der Waals surface area contributed by atoms with Crippen LogP contribution in [0.2, 0.25) is 0 Å². The molecule has 9 heteroatoms. The third kappa shape index (κ3) is 2.77. The van der Waals surface area contributed by atoms with Crippen LogP contribution in [0.1, 0.15) is 13.8 Å². The van der Waals surface area contributed by atoms with Gasteiger partial charge in [-0.25, -0.2) is 4.99 Å². The maximum Gasteiger partial charge on any atom is 0.280 e. The highest BCUT2D eigenvalue weighted by Crippen LogP contribution is 2.33. The van der Waals surface area contributed by atoms with Gasteiger partial charge >= 0.3 is 0 Å². The Morgan fingerprint density at radius 2 is 2.00 bits per heavy atom. The molecule has 0 atom stereocenters. The summed E-state index contributed by atoms with van der Waals surface area (Å²) < 4.78 is -0.123. The van der Waals surface area contributed by atoms with Crippen LogP contribution in [0.15, 0.2) is 9.79 Å². The highest BCUT2D eigenvalue weighted by Gasteiger charge is 2.34. The normalized spacial score (nSPS) is 16.4. The van der Waals surface area contributed by atoms with Crippen molar-refractivity contribution in [2.24, 2.45) is 4.99 Å². The van der Waals surface area contributed by atoms with Gasteiger partial charge in [-0.15, -0.1) is 17.0 Å². The molecule has 100 valence electrons. The molecule has 4 N–H and O–H groups in total. The first-order valence-corrected chi connectivity index (χ1v) is 6.69. The van der Waals surface area contributed by atoms with E-state index in [1.165, 1.54) is 0 Å². The van der Waals surface area contributed by atoms with Gasteiger partial charge in [-0.2, -0.15) is 4.98 Å². The molecule has 0 spiro atoms. The van der Waals surface area contributed by atoms with Gasteiger partial charge in [-0.1, -0.05) is 31.9 Å². The lowest BCUT2D eigenvalue weighted by Crippen LogP contribution is -2.46. The van der Waals surface area contributed by atoms with Crippen LogP contribution in [0.25, 0.3) is 0 Å². The summed E-state index contributed by atoms with van der Waals surface area (Å²) in [5, 5.41) is 3.15. The van der Waals surface area contributed by atoms with Crippen LogP contribution in [-0.2, 0) is 0 Å². The number of H-pyrrole nitrogens is 1. The standard InChI is InChI=1S/C9H11Br2N5O.BrH/c1-9(2)4(5(10)11)13-3-6(16-9)14-8(12)15-7(3)17;/h5H,1-2H3,(H4,12,14,15,16,17);1H. The smallest absolute Gasteiger partial charge is 0.280 e. The highest BCUT2D eigenvalue weighted by atomic mass is 79.9. The predicted octanol–water partition coefficient (Wildman–Crippen LogP) is 2.32. The van der Waals surface area contributed by atoms with Crippen molar-refractivity contribution < 1.29 is 0 Å². The van der Waals surface area contributed by atoms with E-state index in [4.69, 9.17) is 5.73 Å². The van der Waals surface area contributed by atoms with Gasteiger partial charge in [0, 0.05) is 0 Å². The third-order valence-corrected chi connectivity index (χ3v) is 3.29. The largest absolute Gasteiger partial charge is 0.369 e. The summed E-state index contributed by atoms with van der Waals surface area (Å²) in [5.74, 6) is 0.477. The van der Waals surface area contributed by atoms with Crippen LogP contribution >= 0.6 is 48.8 Å². The van der Waals surface area contributed by atoms with E-state index >= 15 is 0 Å². The minimum absolute atomic E-state index is 0. The Morgan fingerprint density at radius 3 is 2.56 bits per heavy atom. The molecule has 1 aliphatic rings. The minimum Gasteiger partial charge on any atom is -0.369 e. The Kier molecular flexibility index (Phi) is 4.60. The zero-order chi connectivity index (χ0) is 12.8. The monoisotopic (exact) mass is 443 g/mol. The third-order valence-electron chi connectivity index (χ3n) is 2.42. The molecule has 1 aliphatic heterocycles. The molecular weight excluding hydrogens is 434 g/mol. The molecule has 0 fully saturated rings. The minimum atomic E-state index is -0.419. The summed E-state index contributed by atoms with van der Waals surface area (Å²) in [5.41, 5.74) is 5.73. The van der Waals surface area contributed by atoms with Crippen molar-refractivity contribution >= 4 is 72.0 Å². The second-order valence-electron chi connectivity index (χ2n) is 4.20. The van der Waals surface area contributed by atoms with Gasteiger partial charge in [-0.05, 0) is 13.8 Å². The number of aromatic amines is 1. The quantitative estimate of drug-likeness (QED) is 0.578. The Balaban J connectivity index is 0.00000162. The van der Waals surface area contributed by atoms with E-state index in [1.54, 1.807) is 0 Å². The zero-order valence-electron chi connectivity index (χ0n) is 9.62. The van der Waals surface area contributed by atoms with Crippen molar-refractivity contribution in [3.8, 4) is 0 Å². The Hall–Kier alpha value is -0.410. The van der Waals surface area contributed by atoms with Crippen molar-refractivity contribution in [2.75, 3.05) is 11.1 Å². The average molecular weight is 446 g/mol. The lowest BCUT2D eigenvalue weighted by Gasteiger charge is -2.33. The lowest BCUT2D eigenvalue weighted by molar-refractivity contribution is 0.738. The molecule has 6 nitrogen and oxygen atoms in total. The van der Waals surface area contributed by atoms with Crippen LogP contribution in [0.3, 0.4) is 0 Å². The number of hydrogen-bond acceptors (Lipinski definition) is 5. The number of anilines is 2. The maximum absolute atomic E-state index is 11.7. The van der Waals surface area contributed by atoms with E-state index in [2.05, 4.69) is 52.1 Å². The summed E-state index contributed by atoms with van der Waals surface area (Å²) in [6.07, 6.45) is 0. The molecular formula is C9H12Br3N5O. The number of nitrogens with zero attached hydrogens (tertiary/aromatic N) is 2. The molecule has 0 saturated carbocycles. The van der Waals surface area contributed by atoms with E-state index in [1.807, 2.05) is 13.8 Å². The fourth-order valence-electron chi connectivity index (χ4n) is 1.62.